The Morgan fingerprint density at radius 1 is 1.57 bits per heavy atom. The van der Waals surface area contributed by atoms with Crippen molar-refractivity contribution in [3.05, 3.63) is 36.3 Å². The van der Waals surface area contributed by atoms with Crippen LogP contribution < -0.4 is 0 Å². The zero-order valence-corrected chi connectivity index (χ0v) is 8.01. The van der Waals surface area contributed by atoms with Crippen LogP contribution in [0.2, 0.25) is 0 Å². The van der Waals surface area contributed by atoms with Gasteiger partial charge in [0.15, 0.2) is 5.82 Å². The van der Waals surface area contributed by atoms with Crippen molar-refractivity contribution in [2.75, 3.05) is 0 Å². The topological polar surface area (TPSA) is 64.1 Å². The number of aryl methyl sites for hydroxylation is 1. The van der Waals surface area contributed by atoms with Crippen LogP contribution in [0.5, 0.6) is 0 Å². The van der Waals surface area contributed by atoms with Gasteiger partial charge in [-0.15, -0.1) is 10.2 Å². The Labute approximate surface area is 81.0 Å². The molecule has 0 aliphatic rings. The average molecular weight is 193 g/mol. The first-order valence-electron chi connectivity index (χ1n) is 4.22. The molecule has 1 unspecified atom stereocenters. The first-order chi connectivity index (χ1) is 6.62. The average Bonchev–Trinajstić information content (AvgIpc) is 2.72. The molecule has 2 rings (SSSR count). The summed E-state index contributed by atoms with van der Waals surface area (Å²) in [5.74, 6) is 0.485. The van der Waals surface area contributed by atoms with Crippen LogP contribution in [0.3, 0.4) is 0 Å². The van der Waals surface area contributed by atoms with Crippen molar-refractivity contribution in [3.63, 3.8) is 0 Å². The van der Waals surface area contributed by atoms with Crippen molar-refractivity contribution in [2.45, 2.75) is 12.5 Å². The lowest BCUT2D eigenvalue weighted by atomic mass is 9.98. The highest BCUT2D eigenvalue weighted by Gasteiger charge is 2.31. The Hall–Kier alpha value is -1.62. The summed E-state index contributed by atoms with van der Waals surface area (Å²) < 4.78 is 6.59. The highest BCUT2D eigenvalue weighted by molar-refractivity contribution is 5.23. The van der Waals surface area contributed by atoms with E-state index in [1.165, 1.54) is 12.5 Å². The summed E-state index contributed by atoms with van der Waals surface area (Å²) in [6, 6.07) is 1.70. The van der Waals surface area contributed by atoms with Crippen LogP contribution in [0.25, 0.3) is 0 Å². The van der Waals surface area contributed by atoms with E-state index >= 15 is 0 Å². The highest BCUT2D eigenvalue weighted by Crippen LogP contribution is 2.26. The van der Waals surface area contributed by atoms with Crippen molar-refractivity contribution in [1.82, 2.24) is 14.8 Å². The number of hydrogen-bond donors (Lipinski definition) is 1. The van der Waals surface area contributed by atoms with Crippen LogP contribution >= 0.6 is 0 Å². The quantitative estimate of drug-likeness (QED) is 0.761. The second-order valence-electron chi connectivity index (χ2n) is 3.35. The molecule has 0 fully saturated rings. The van der Waals surface area contributed by atoms with Gasteiger partial charge in [0.25, 0.3) is 0 Å². The molecule has 0 radical (unpaired) electrons. The van der Waals surface area contributed by atoms with Gasteiger partial charge in [-0.05, 0) is 13.0 Å². The maximum absolute atomic E-state index is 10.2. The van der Waals surface area contributed by atoms with Crippen molar-refractivity contribution in [2.24, 2.45) is 7.05 Å². The zero-order chi connectivity index (χ0) is 10.2. The standard InChI is InChI=1S/C9H11N3O2/c1-9(13,7-3-4-14-5-7)8-11-10-6-12(8)2/h3-6,13H,1-2H3. The first kappa shape index (κ1) is 8.96. The van der Waals surface area contributed by atoms with Crippen LogP contribution in [0.1, 0.15) is 18.3 Å². The number of rotatable bonds is 2. The minimum atomic E-state index is -1.17. The predicted molar refractivity (Wildman–Crippen MR) is 48.4 cm³/mol. The first-order valence-corrected chi connectivity index (χ1v) is 4.22. The van der Waals surface area contributed by atoms with E-state index in [0.29, 0.717) is 11.4 Å². The lowest BCUT2D eigenvalue weighted by Gasteiger charge is -2.19. The maximum Gasteiger partial charge on any atom is 0.169 e. The molecule has 0 spiro atoms. The van der Waals surface area contributed by atoms with E-state index in [4.69, 9.17) is 4.42 Å². The lowest BCUT2D eigenvalue weighted by Crippen LogP contribution is -2.26. The fraction of sp³-hybridized carbons (Fsp3) is 0.333. The van der Waals surface area contributed by atoms with Gasteiger partial charge in [0.2, 0.25) is 0 Å². The summed E-state index contributed by atoms with van der Waals surface area (Å²) >= 11 is 0. The molecule has 1 atom stereocenters. The lowest BCUT2D eigenvalue weighted by molar-refractivity contribution is 0.0880. The summed E-state index contributed by atoms with van der Waals surface area (Å²) in [5, 5.41) is 17.8. The molecule has 0 bridgehead atoms. The Kier molecular flexibility index (Phi) is 1.89. The second-order valence-corrected chi connectivity index (χ2v) is 3.35. The van der Waals surface area contributed by atoms with Gasteiger partial charge in [0, 0.05) is 12.6 Å². The third-order valence-electron chi connectivity index (χ3n) is 2.23. The van der Waals surface area contributed by atoms with E-state index < -0.39 is 5.60 Å². The Bertz CT molecular complexity index is 417. The number of furan rings is 1. The summed E-state index contributed by atoms with van der Waals surface area (Å²) in [4.78, 5) is 0. The van der Waals surface area contributed by atoms with E-state index in [1.54, 1.807) is 30.9 Å². The fourth-order valence-corrected chi connectivity index (χ4v) is 1.39. The van der Waals surface area contributed by atoms with E-state index in [9.17, 15) is 5.11 Å². The van der Waals surface area contributed by atoms with Gasteiger partial charge in [-0.3, -0.25) is 0 Å². The molecule has 2 aromatic heterocycles. The molecule has 0 amide bonds. The van der Waals surface area contributed by atoms with Crippen LogP contribution in [-0.4, -0.2) is 19.9 Å². The van der Waals surface area contributed by atoms with Crippen molar-refractivity contribution >= 4 is 0 Å². The Morgan fingerprint density at radius 3 is 2.86 bits per heavy atom. The van der Waals surface area contributed by atoms with Gasteiger partial charge in [-0.2, -0.15) is 0 Å². The van der Waals surface area contributed by atoms with Gasteiger partial charge in [0.05, 0.1) is 12.5 Å². The van der Waals surface area contributed by atoms with Gasteiger partial charge < -0.3 is 14.1 Å². The van der Waals surface area contributed by atoms with Crippen molar-refractivity contribution in [1.29, 1.82) is 0 Å². The summed E-state index contributed by atoms with van der Waals surface area (Å²) in [7, 11) is 1.78. The minimum absolute atomic E-state index is 0.485. The van der Waals surface area contributed by atoms with E-state index in [2.05, 4.69) is 10.2 Å². The van der Waals surface area contributed by atoms with Crippen LogP contribution in [0.4, 0.5) is 0 Å². The van der Waals surface area contributed by atoms with Gasteiger partial charge in [-0.1, -0.05) is 0 Å². The van der Waals surface area contributed by atoms with E-state index in [-0.39, 0.29) is 0 Å². The van der Waals surface area contributed by atoms with Crippen LogP contribution in [0, 0.1) is 0 Å². The van der Waals surface area contributed by atoms with Crippen molar-refractivity contribution < 1.29 is 9.52 Å². The molecule has 5 heteroatoms. The number of aromatic nitrogens is 3. The molecule has 0 aliphatic carbocycles. The Balaban J connectivity index is 2.48. The molecular formula is C9H11N3O2. The largest absolute Gasteiger partial charge is 0.472 e. The van der Waals surface area contributed by atoms with E-state index in [1.807, 2.05) is 0 Å². The molecule has 14 heavy (non-hydrogen) atoms. The monoisotopic (exact) mass is 193 g/mol. The summed E-state index contributed by atoms with van der Waals surface area (Å²) in [6.07, 6.45) is 4.55. The van der Waals surface area contributed by atoms with Gasteiger partial charge >= 0.3 is 0 Å². The predicted octanol–water partition coefficient (Wildman–Crippen LogP) is 0.664. The fourth-order valence-electron chi connectivity index (χ4n) is 1.39. The smallest absolute Gasteiger partial charge is 0.169 e. The second kappa shape index (κ2) is 2.95. The molecule has 1 N–H and O–H groups in total. The molecule has 0 aromatic carbocycles. The SMILES string of the molecule is Cn1cnnc1C(C)(O)c1ccoc1. The van der Waals surface area contributed by atoms with Crippen LogP contribution in [-0.2, 0) is 12.6 Å². The molecule has 0 saturated carbocycles. The number of hydrogen-bond acceptors (Lipinski definition) is 4. The summed E-state index contributed by atoms with van der Waals surface area (Å²) in [6.45, 7) is 1.65. The third kappa shape index (κ3) is 1.22. The number of nitrogens with zero attached hydrogens (tertiary/aromatic N) is 3. The van der Waals surface area contributed by atoms with E-state index in [0.717, 1.165) is 0 Å². The molecule has 2 aromatic rings. The molecule has 5 nitrogen and oxygen atoms in total. The number of aliphatic hydroxyl groups is 1. The third-order valence-corrected chi connectivity index (χ3v) is 2.23. The molecule has 0 aliphatic heterocycles. The van der Waals surface area contributed by atoms with Gasteiger partial charge in [-0.25, -0.2) is 0 Å². The Morgan fingerprint density at radius 2 is 2.36 bits per heavy atom. The minimum Gasteiger partial charge on any atom is -0.472 e. The summed E-state index contributed by atoms with van der Waals surface area (Å²) in [5.41, 5.74) is -0.508. The zero-order valence-electron chi connectivity index (χ0n) is 8.01. The van der Waals surface area contributed by atoms with Gasteiger partial charge in [0.1, 0.15) is 11.9 Å². The molecular weight excluding hydrogens is 182 g/mol. The normalized spacial score (nSPS) is 15.4. The highest BCUT2D eigenvalue weighted by atomic mass is 16.3. The molecule has 0 saturated heterocycles. The molecule has 2 heterocycles. The molecule has 74 valence electrons. The van der Waals surface area contributed by atoms with Crippen LogP contribution in [0.15, 0.2) is 29.3 Å². The van der Waals surface area contributed by atoms with Crippen molar-refractivity contribution in [3.8, 4) is 0 Å². The maximum atomic E-state index is 10.2.